The zero-order valence-electron chi connectivity index (χ0n) is 47.2. The molecule has 9 N–H and O–H groups in total. The Labute approximate surface area is 457 Å². The molecule has 4 aliphatic rings. The first-order valence-electron chi connectivity index (χ1n) is 28.1. The first-order chi connectivity index (χ1) is 36.5. The van der Waals surface area contributed by atoms with Gasteiger partial charge in [-0.15, -0.1) is 0 Å². The third-order valence-electron chi connectivity index (χ3n) is 16.2. The molecule has 2 saturated heterocycles. The lowest BCUT2D eigenvalue weighted by molar-refractivity contribution is -0.179. The van der Waals surface area contributed by atoms with E-state index in [1.165, 1.54) is 18.0 Å². The van der Waals surface area contributed by atoms with Crippen LogP contribution in [0.1, 0.15) is 139 Å². The number of nitrogen functional groups attached to an aromatic ring is 1. The predicted molar refractivity (Wildman–Crippen MR) is 297 cm³/mol. The molecule has 1 spiro atoms. The number of anilines is 1. The molecule has 4 aliphatic heterocycles. The number of aliphatic hydroxyl groups is 3. The molecule has 17 heteroatoms. The number of carbonyl (C=O) groups is 6. The Hall–Kier alpha value is -5.46. The molecular weight excluding hydrogens is 981 g/mol. The fraction of sp³-hybridized carbons (Fsp3) is 0.633. The first-order valence-corrected chi connectivity index (χ1v) is 28.1. The van der Waals surface area contributed by atoms with E-state index in [9.17, 15) is 44.1 Å². The number of ether oxygens (including phenoxy) is 2. The summed E-state index contributed by atoms with van der Waals surface area (Å²) < 4.78 is 13.0. The predicted octanol–water partition coefficient (Wildman–Crippen LogP) is 6.23. The fourth-order valence-corrected chi connectivity index (χ4v) is 10.9. The number of rotatable bonds is 15. The summed E-state index contributed by atoms with van der Waals surface area (Å²) in [5.74, 6) is -5.09. The molecule has 1 aromatic carbocycles. The Bertz CT molecular complexity index is 2360. The summed E-state index contributed by atoms with van der Waals surface area (Å²) in [5, 5.41) is 44.5. The van der Waals surface area contributed by atoms with Gasteiger partial charge in [-0.1, -0.05) is 109 Å². The van der Waals surface area contributed by atoms with Gasteiger partial charge in [-0.3, -0.25) is 29.0 Å². The molecular formula is C60H90N6O11. The van der Waals surface area contributed by atoms with E-state index in [0.717, 1.165) is 24.0 Å². The van der Waals surface area contributed by atoms with Crippen LogP contribution in [0, 0.1) is 41.4 Å². The van der Waals surface area contributed by atoms with E-state index in [0.29, 0.717) is 43.4 Å². The quantitative estimate of drug-likeness (QED) is 0.0420. The Balaban J connectivity index is 1.35. The van der Waals surface area contributed by atoms with Crippen LogP contribution >= 0.6 is 0 Å². The van der Waals surface area contributed by atoms with Gasteiger partial charge in [0, 0.05) is 61.6 Å². The summed E-state index contributed by atoms with van der Waals surface area (Å²) in [7, 11) is 0. The number of aliphatic hydroxyl groups excluding tert-OH is 3. The van der Waals surface area contributed by atoms with Gasteiger partial charge in [0.05, 0.1) is 30.3 Å². The average Bonchev–Trinajstić information content (AvgIpc) is 3.38. The summed E-state index contributed by atoms with van der Waals surface area (Å²) in [6.45, 7) is 18.8. The third-order valence-corrected chi connectivity index (χ3v) is 16.2. The lowest BCUT2D eigenvalue weighted by atomic mass is 9.75. The molecule has 4 heterocycles. The van der Waals surface area contributed by atoms with Gasteiger partial charge in [0.15, 0.2) is 5.72 Å². The molecule has 2 fully saturated rings. The molecule has 15 atom stereocenters. The Morgan fingerprint density at radius 3 is 2.44 bits per heavy atom. The molecule has 5 rings (SSSR count). The van der Waals surface area contributed by atoms with Crippen molar-refractivity contribution in [3.8, 4) is 0 Å². The van der Waals surface area contributed by atoms with Crippen LogP contribution in [-0.4, -0.2) is 117 Å². The molecule has 1 aromatic rings. The van der Waals surface area contributed by atoms with Crippen molar-refractivity contribution in [1.82, 2.24) is 26.4 Å². The number of benzene rings is 1. The number of hydrogen-bond donors (Lipinski definition) is 8. The standard InChI is InChI=1S/C60H90N6O11/c1-11-44-31-40(8)60(64-55(44)71)39(7)30-38(6)52(77-60)34-50(69)36(4)20-14-12-15-21-37(5)51-26-17-13-16-25-49(68)42(10)54(70)46(28-27-41(9)67)56(72)63-53(35(2)3)57(73)62-48(33-43-22-18-23-45(61)32-43)58(74)66-29-19-24-47(65-66)59(75)76-51/h12-13,15-18,21-23,25,30,32,35-36,38,40,42,44,46-54,65,68-70H,11,14,19-20,24,26-29,31,33-34,61H2,1-10H3,(H,62,73)(H,63,72)(H,64,71)/t36-,38+,40-,42-,44-,46+,47?,48-,49-,50-,51-,52-,53-,54+,60-/m0/s1. The molecule has 0 saturated carbocycles. The second kappa shape index (κ2) is 29.0. The maximum absolute atomic E-state index is 14.6. The number of Topliss-reactive ketones (excluding diaryl/α,β-unsaturated/α-hetero) is 1. The number of fused-ring (bicyclic) bond motifs is 2. The summed E-state index contributed by atoms with van der Waals surface area (Å²) >= 11 is 0. The lowest BCUT2D eigenvalue weighted by Crippen LogP contribution is -2.64. The monoisotopic (exact) mass is 1070 g/mol. The van der Waals surface area contributed by atoms with E-state index < -0.39 is 89.7 Å². The van der Waals surface area contributed by atoms with Crippen LogP contribution in [0.2, 0.25) is 0 Å². The van der Waals surface area contributed by atoms with E-state index >= 15 is 0 Å². The molecule has 77 heavy (non-hydrogen) atoms. The first kappa shape index (κ1) is 62.4. The number of nitrogens with two attached hydrogens (primary N) is 1. The number of cyclic esters (lactones) is 1. The van der Waals surface area contributed by atoms with Crippen molar-refractivity contribution in [3.63, 3.8) is 0 Å². The third kappa shape index (κ3) is 17.0. The van der Waals surface area contributed by atoms with Gasteiger partial charge >= 0.3 is 5.97 Å². The van der Waals surface area contributed by atoms with E-state index in [-0.39, 0.29) is 73.7 Å². The smallest absolute Gasteiger partial charge is 0.325 e. The van der Waals surface area contributed by atoms with Crippen LogP contribution in [0.5, 0.6) is 0 Å². The molecule has 0 aliphatic carbocycles. The number of piperidine rings is 1. The molecule has 17 nitrogen and oxygen atoms in total. The van der Waals surface area contributed by atoms with Crippen molar-refractivity contribution in [2.24, 2.45) is 41.4 Å². The van der Waals surface area contributed by atoms with Crippen molar-refractivity contribution in [2.45, 2.75) is 194 Å². The summed E-state index contributed by atoms with van der Waals surface area (Å²) in [6, 6.07) is 3.70. The van der Waals surface area contributed by atoms with E-state index in [1.54, 1.807) is 63.3 Å². The van der Waals surface area contributed by atoms with Crippen LogP contribution < -0.4 is 27.1 Å². The van der Waals surface area contributed by atoms with Crippen LogP contribution in [0.4, 0.5) is 5.69 Å². The van der Waals surface area contributed by atoms with E-state index in [2.05, 4.69) is 41.3 Å². The van der Waals surface area contributed by atoms with Crippen molar-refractivity contribution < 1.29 is 53.6 Å². The SMILES string of the molecule is CC[C@H]1C[C@H](C)[C@@]2(NC1=O)O[C@@H](C[C@H](O)[C@@H](C)CCC=CC=C(C)[C@@H]1CC=CC=C[C@H](O)[C@H](C)[C@@H](O)[C@@H](CCC(C)=O)C(=O)N[C@@H](C(C)C)C(=O)N[C@@H](Cc3cccc(N)c3)C(=O)N3CCCC(N3)C(=O)O1)[C@H](C)C=C2C. The van der Waals surface area contributed by atoms with Crippen molar-refractivity contribution in [2.75, 3.05) is 12.3 Å². The second-order valence-corrected chi connectivity index (χ2v) is 22.7. The van der Waals surface area contributed by atoms with Crippen LogP contribution in [0.25, 0.3) is 0 Å². The van der Waals surface area contributed by atoms with Crippen molar-refractivity contribution in [1.29, 1.82) is 0 Å². The Morgan fingerprint density at radius 2 is 1.75 bits per heavy atom. The number of nitrogens with zero attached hydrogens (tertiary/aromatic N) is 1. The van der Waals surface area contributed by atoms with Crippen LogP contribution in [0.3, 0.4) is 0 Å². The molecule has 4 amide bonds. The number of allylic oxidation sites excluding steroid dienone is 5. The minimum atomic E-state index is -1.42. The largest absolute Gasteiger partial charge is 0.456 e. The van der Waals surface area contributed by atoms with Gasteiger partial charge in [0.25, 0.3) is 5.91 Å². The highest BCUT2D eigenvalue weighted by molar-refractivity contribution is 5.93. The molecule has 1 unspecified atom stereocenters. The number of hydrogen-bond acceptors (Lipinski definition) is 13. The summed E-state index contributed by atoms with van der Waals surface area (Å²) in [4.78, 5) is 82.2. The normalized spacial score (nSPS) is 32.4. The maximum Gasteiger partial charge on any atom is 0.325 e. The molecule has 0 aromatic heterocycles. The average molecular weight is 1070 g/mol. The minimum Gasteiger partial charge on any atom is -0.456 e. The molecule has 2 bridgehead atoms. The highest BCUT2D eigenvalue weighted by atomic mass is 16.5. The number of esters is 1. The van der Waals surface area contributed by atoms with Crippen molar-refractivity contribution in [3.05, 3.63) is 89.6 Å². The number of hydrazine groups is 1. The minimum absolute atomic E-state index is 0.0111. The van der Waals surface area contributed by atoms with Gasteiger partial charge in [-0.2, -0.15) is 0 Å². The second-order valence-electron chi connectivity index (χ2n) is 22.7. The van der Waals surface area contributed by atoms with E-state index in [1.807, 2.05) is 45.9 Å². The van der Waals surface area contributed by atoms with Crippen LogP contribution in [-0.2, 0) is 44.7 Å². The number of nitrogens with one attached hydrogen (secondary N) is 4. The van der Waals surface area contributed by atoms with Gasteiger partial charge < -0.3 is 51.3 Å². The highest BCUT2D eigenvalue weighted by Gasteiger charge is 2.51. The number of carbonyl (C=O) groups excluding carboxylic acids is 6. The van der Waals surface area contributed by atoms with Gasteiger partial charge in [0.2, 0.25) is 17.7 Å². The van der Waals surface area contributed by atoms with Crippen LogP contribution in [0.15, 0.2) is 84.0 Å². The fourth-order valence-electron chi connectivity index (χ4n) is 10.9. The Kier molecular flexibility index (Phi) is 23.5. The van der Waals surface area contributed by atoms with Crippen molar-refractivity contribution >= 4 is 41.1 Å². The van der Waals surface area contributed by atoms with E-state index in [4.69, 9.17) is 15.2 Å². The van der Waals surface area contributed by atoms with Gasteiger partial charge in [0.1, 0.15) is 30.0 Å². The maximum atomic E-state index is 14.6. The summed E-state index contributed by atoms with van der Waals surface area (Å²) in [6.07, 6.45) is 14.6. The topological polar surface area (TPSA) is 259 Å². The Morgan fingerprint density at radius 1 is 1.01 bits per heavy atom. The highest BCUT2D eigenvalue weighted by Crippen LogP contribution is 2.43. The van der Waals surface area contributed by atoms with Gasteiger partial charge in [-0.25, -0.2) is 5.43 Å². The number of amides is 4. The molecule has 426 valence electrons. The summed E-state index contributed by atoms with van der Waals surface area (Å²) in [5.41, 5.74) is 11.2. The molecule has 0 radical (unpaired) electrons. The zero-order valence-corrected chi connectivity index (χ0v) is 47.2. The zero-order chi connectivity index (χ0) is 56.7. The van der Waals surface area contributed by atoms with Gasteiger partial charge in [-0.05, 0) is 106 Å². The number of ketones is 1. The lowest BCUT2D eigenvalue weighted by Gasteiger charge is -2.51.